The first kappa shape index (κ1) is 17.8. The molecule has 1 N–H and O–H groups in total. The molecule has 0 aliphatic carbocycles. The fraction of sp³-hybridized carbons (Fsp3) is 0.300. The highest BCUT2D eigenvalue weighted by Crippen LogP contribution is 2.33. The number of hydrogen-bond acceptors (Lipinski definition) is 4. The minimum absolute atomic E-state index is 0.200. The smallest absolute Gasteiger partial charge is 0.270 e. The molecule has 3 rings (SSSR count). The number of hydrogen-bond donors (Lipinski definition) is 1. The van der Waals surface area contributed by atoms with Crippen molar-refractivity contribution in [3.05, 3.63) is 72.1 Å². The van der Waals surface area contributed by atoms with Crippen LogP contribution in [0, 0.1) is 12.3 Å². The summed E-state index contributed by atoms with van der Waals surface area (Å²) in [6, 6.07) is 9.05. The third kappa shape index (κ3) is 3.79. The molecule has 6 nitrogen and oxygen atoms in total. The molecule has 134 valence electrons. The topological polar surface area (TPSA) is 72.7 Å². The highest BCUT2D eigenvalue weighted by Gasteiger charge is 2.30. The van der Waals surface area contributed by atoms with E-state index >= 15 is 0 Å². The maximum atomic E-state index is 12.9. The van der Waals surface area contributed by atoms with Crippen LogP contribution < -0.4 is 5.32 Å². The summed E-state index contributed by atoms with van der Waals surface area (Å²) in [5, 5.41) is 7.30. The maximum absolute atomic E-state index is 12.9. The van der Waals surface area contributed by atoms with Crippen LogP contribution in [0.15, 0.2) is 55.1 Å². The van der Waals surface area contributed by atoms with Gasteiger partial charge in [-0.25, -0.2) is 4.68 Å². The largest absolute Gasteiger partial charge is 0.342 e. The van der Waals surface area contributed by atoms with E-state index in [0.29, 0.717) is 5.69 Å². The summed E-state index contributed by atoms with van der Waals surface area (Å²) in [4.78, 5) is 21.6. The van der Waals surface area contributed by atoms with Crippen molar-refractivity contribution >= 4 is 5.91 Å². The summed E-state index contributed by atoms with van der Waals surface area (Å²) < 4.78 is 1.70. The Morgan fingerprint density at radius 2 is 1.92 bits per heavy atom. The van der Waals surface area contributed by atoms with E-state index in [1.54, 1.807) is 29.3 Å². The molecule has 3 heterocycles. The molecule has 26 heavy (non-hydrogen) atoms. The average molecular weight is 349 g/mol. The summed E-state index contributed by atoms with van der Waals surface area (Å²) in [6.07, 6.45) is 6.89. The quantitative estimate of drug-likeness (QED) is 0.782. The van der Waals surface area contributed by atoms with Gasteiger partial charge < -0.3 is 5.32 Å². The van der Waals surface area contributed by atoms with Crippen molar-refractivity contribution in [1.29, 1.82) is 0 Å². The monoisotopic (exact) mass is 349 g/mol. The van der Waals surface area contributed by atoms with Crippen LogP contribution in [0.5, 0.6) is 0 Å². The van der Waals surface area contributed by atoms with Crippen molar-refractivity contribution in [1.82, 2.24) is 25.1 Å². The number of aryl methyl sites for hydroxylation is 1. The predicted molar refractivity (Wildman–Crippen MR) is 100.0 cm³/mol. The number of carbonyl (C=O) groups is 1. The van der Waals surface area contributed by atoms with Crippen LogP contribution >= 0.6 is 0 Å². The maximum Gasteiger partial charge on any atom is 0.270 e. The Labute approximate surface area is 153 Å². The lowest BCUT2D eigenvalue weighted by Gasteiger charge is -2.32. The number of amides is 1. The second kappa shape index (κ2) is 7.07. The zero-order valence-electron chi connectivity index (χ0n) is 15.5. The molecule has 6 heteroatoms. The first-order valence-electron chi connectivity index (χ1n) is 8.55. The fourth-order valence-corrected chi connectivity index (χ4v) is 2.81. The van der Waals surface area contributed by atoms with Gasteiger partial charge in [-0.05, 0) is 42.2 Å². The summed E-state index contributed by atoms with van der Waals surface area (Å²) in [7, 11) is 0. The van der Waals surface area contributed by atoms with Gasteiger partial charge in [0.25, 0.3) is 5.91 Å². The van der Waals surface area contributed by atoms with E-state index in [1.165, 1.54) is 0 Å². The van der Waals surface area contributed by atoms with Crippen LogP contribution in [0.1, 0.15) is 48.6 Å². The van der Waals surface area contributed by atoms with E-state index in [-0.39, 0.29) is 17.4 Å². The van der Waals surface area contributed by atoms with Crippen LogP contribution in [0.2, 0.25) is 0 Å². The Balaban J connectivity index is 1.90. The van der Waals surface area contributed by atoms with Gasteiger partial charge in [0.05, 0.1) is 17.4 Å². The van der Waals surface area contributed by atoms with E-state index in [4.69, 9.17) is 0 Å². The number of pyridine rings is 2. The molecular weight excluding hydrogens is 326 g/mol. The van der Waals surface area contributed by atoms with Gasteiger partial charge in [0.15, 0.2) is 0 Å². The van der Waals surface area contributed by atoms with Gasteiger partial charge in [0.2, 0.25) is 0 Å². The van der Waals surface area contributed by atoms with Crippen LogP contribution in [0.4, 0.5) is 0 Å². The molecule has 3 aromatic rings. The Bertz CT molecular complexity index is 897. The van der Waals surface area contributed by atoms with Gasteiger partial charge in [0, 0.05) is 24.8 Å². The van der Waals surface area contributed by atoms with Gasteiger partial charge in [-0.3, -0.25) is 14.8 Å². The minimum Gasteiger partial charge on any atom is -0.342 e. The first-order chi connectivity index (χ1) is 12.4. The lowest BCUT2D eigenvalue weighted by atomic mass is 9.83. The van der Waals surface area contributed by atoms with E-state index in [1.807, 2.05) is 37.4 Å². The molecule has 0 saturated heterocycles. The van der Waals surface area contributed by atoms with Crippen LogP contribution in [0.3, 0.4) is 0 Å². The van der Waals surface area contributed by atoms with Gasteiger partial charge in [-0.2, -0.15) is 5.10 Å². The standard InChI is InChI=1S/C20H23N5O/c1-14-7-5-9-22-17(14)18(20(2,3)4)24-19(26)16-13-15(8-11-21-16)25-12-6-10-23-25/h5-13,18H,1-4H3,(H,24,26). The minimum atomic E-state index is -0.232. The Morgan fingerprint density at radius 1 is 1.12 bits per heavy atom. The lowest BCUT2D eigenvalue weighted by molar-refractivity contribution is 0.0894. The summed E-state index contributed by atoms with van der Waals surface area (Å²) in [6.45, 7) is 8.25. The van der Waals surface area contributed by atoms with E-state index in [0.717, 1.165) is 16.9 Å². The molecule has 0 aliphatic heterocycles. The Hall–Kier alpha value is -3.02. The molecule has 3 aromatic heterocycles. The van der Waals surface area contributed by atoms with Crippen LogP contribution in [-0.2, 0) is 0 Å². The second-order valence-corrected chi connectivity index (χ2v) is 7.33. The SMILES string of the molecule is Cc1cccnc1C(NC(=O)c1cc(-n2cccn2)ccn1)C(C)(C)C. The third-order valence-corrected chi connectivity index (χ3v) is 4.21. The summed E-state index contributed by atoms with van der Waals surface area (Å²) >= 11 is 0. The van der Waals surface area contributed by atoms with E-state index < -0.39 is 0 Å². The number of rotatable bonds is 4. The Morgan fingerprint density at radius 3 is 2.58 bits per heavy atom. The van der Waals surface area contributed by atoms with Crippen LogP contribution in [0.25, 0.3) is 5.69 Å². The van der Waals surface area contributed by atoms with E-state index in [2.05, 4.69) is 41.2 Å². The van der Waals surface area contributed by atoms with Crippen molar-refractivity contribution in [2.24, 2.45) is 5.41 Å². The molecule has 0 radical (unpaired) electrons. The number of carbonyl (C=O) groups excluding carboxylic acids is 1. The normalized spacial score (nSPS) is 12.6. The van der Waals surface area contributed by atoms with Crippen molar-refractivity contribution in [2.75, 3.05) is 0 Å². The summed E-state index contributed by atoms with van der Waals surface area (Å²) in [5.41, 5.74) is 2.86. The van der Waals surface area contributed by atoms with Crippen molar-refractivity contribution in [3.63, 3.8) is 0 Å². The predicted octanol–water partition coefficient (Wildman–Crippen LogP) is 3.49. The third-order valence-electron chi connectivity index (χ3n) is 4.21. The Kier molecular flexibility index (Phi) is 4.84. The second-order valence-electron chi connectivity index (χ2n) is 7.33. The molecule has 0 bridgehead atoms. The van der Waals surface area contributed by atoms with Gasteiger partial charge in [-0.15, -0.1) is 0 Å². The number of aromatic nitrogens is 4. The summed E-state index contributed by atoms with van der Waals surface area (Å²) in [5.74, 6) is -0.232. The van der Waals surface area contributed by atoms with Gasteiger partial charge >= 0.3 is 0 Å². The van der Waals surface area contributed by atoms with Crippen molar-refractivity contribution < 1.29 is 4.79 Å². The zero-order valence-corrected chi connectivity index (χ0v) is 15.5. The molecule has 1 atom stereocenters. The van der Waals surface area contributed by atoms with Crippen molar-refractivity contribution in [2.45, 2.75) is 33.7 Å². The van der Waals surface area contributed by atoms with Gasteiger partial charge in [0.1, 0.15) is 5.69 Å². The van der Waals surface area contributed by atoms with E-state index in [9.17, 15) is 4.79 Å². The molecule has 0 saturated carbocycles. The molecular formula is C20H23N5O. The first-order valence-corrected chi connectivity index (χ1v) is 8.55. The molecule has 0 aliphatic rings. The van der Waals surface area contributed by atoms with Crippen LogP contribution in [-0.4, -0.2) is 25.7 Å². The molecule has 0 fully saturated rings. The fourth-order valence-electron chi connectivity index (χ4n) is 2.81. The number of nitrogens with one attached hydrogen (secondary N) is 1. The molecule has 0 spiro atoms. The lowest BCUT2D eigenvalue weighted by Crippen LogP contribution is -2.38. The molecule has 1 unspecified atom stereocenters. The highest BCUT2D eigenvalue weighted by atomic mass is 16.2. The average Bonchev–Trinajstić information content (AvgIpc) is 3.14. The van der Waals surface area contributed by atoms with Gasteiger partial charge in [-0.1, -0.05) is 26.8 Å². The number of nitrogens with zero attached hydrogens (tertiary/aromatic N) is 4. The molecule has 0 aromatic carbocycles. The molecule has 1 amide bonds. The highest BCUT2D eigenvalue weighted by molar-refractivity contribution is 5.93. The van der Waals surface area contributed by atoms with Crippen molar-refractivity contribution in [3.8, 4) is 5.69 Å². The zero-order chi connectivity index (χ0) is 18.7.